The van der Waals surface area contributed by atoms with Crippen molar-refractivity contribution in [3.8, 4) is 11.3 Å². The van der Waals surface area contributed by atoms with Crippen molar-refractivity contribution in [3.63, 3.8) is 0 Å². The van der Waals surface area contributed by atoms with E-state index in [1.807, 2.05) is 54.6 Å². The molecule has 1 aromatic heterocycles. The highest BCUT2D eigenvalue weighted by Crippen LogP contribution is 2.36. The molecule has 4 aromatic rings. The molecule has 3 N–H and O–H groups in total. The molecule has 4 nitrogen and oxygen atoms in total. The molecule has 0 aliphatic carbocycles. The number of hydrogen-bond acceptors (Lipinski definition) is 4. The number of allylic oxidation sites excluding steroid dienone is 2. The van der Waals surface area contributed by atoms with Crippen LogP contribution in [0.4, 0.5) is 5.69 Å². The molecule has 0 radical (unpaired) electrons. The number of hydrogen-bond donors (Lipinski definition) is 2. The largest absolute Gasteiger partial charge is 0.398 e. The Balaban J connectivity index is 1.86. The lowest BCUT2D eigenvalue weighted by atomic mass is 9.87. The zero-order valence-electron chi connectivity index (χ0n) is 20.5. The van der Waals surface area contributed by atoms with Gasteiger partial charge in [0.1, 0.15) is 0 Å². The molecule has 0 saturated carbocycles. The fourth-order valence-electron chi connectivity index (χ4n) is 4.25. The lowest BCUT2D eigenvalue weighted by Gasteiger charge is -2.18. The normalized spacial score (nSPS) is 11.8. The second-order valence-corrected chi connectivity index (χ2v) is 8.55. The van der Waals surface area contributed by atoms with Gasteiger partial charge in [-0.2, -0.15) is 0 Å². The monoisotopic (exact) mass is 471 g/mol. The fourth-order valence-corrected chi connectivity index (χ4v) is 4.25. The fraction of sp³-hybridized carbons (Fsp3) is 0.0938. The van der Waals surface area contributed by atoms with Crippen molar-refractivity contribution in [1.29, 1.82) is 5.41 Å². The molecule has 178 valence electrons. The minimum atomic E-state index is 0.0168. The molecule has 0 aliphatic heterocycles. The van der Waals surface area contributed by atoms with E-state index in [4.69, 9.17) is 11.1 Å². The number of ketones is 1. The first-order valence-electron chi connectivity index (χ1n) is 11.9. The van der Waals surface area contributed by atoms with Crippen molar-refractivity contribution in [3.05, 3.63) is 125 Å². The Morgan fingerprint density at radius 1 is 0.917 bits per heavy atom. The molecule has 0 fully saturated rings. The van der Waals surface area contributed by atoms with Gasteiger partial charge in [-0.05, 0) is 77.1 Å². The third kappa shape index (κ3) is 5.56. The summed E-state index contributed by atoms with van der Waals surface area (Å²) in [4.78, 5) is 15.8. The molecule has 0 bridgehead atoms. The molecular formula is C32H29N3O. The van der Waals surface area contributed by atoms with Gasteiger partial charge in [0, 0.05) is 29.2 Å². The number of anilines is 1. The average molecular weight is 472 g/mol. The van der Waals surface area contributed by atoms with Crippen LogP contribution in [-0.2, 0) is 4.79 Å². The first kappa shape index (κ1) is 24.6. The Morgan fingerprint density at radius 2 is 1.61 bits per heavy atom. The van der Waals surface area contributed by atoms with Gasteiger partial charge in [0.25, 0.3) is 0 Å². The first-order chi connectivity index (χ1) is 17.5. The van der Waals surface area contributed by atoms with Crippen LogP contribution in [0.25, 0.3) is 28.5 Å². The van der Waals surface area contributed by atoms with Crippen LogP contribution < -0.4 is 5.73 Å². The van der Waals surface area contributed by atoms with Crippen molar-refractivity contribution in [2.45, 2.75) is 20.3 Å². The summed E-state index contributed by atoms with van der Waals surface area (Å²) in [6.45, 7) is 3.70. The number of carbonyl (C=O) groups is 1. The molecule has 1 heterocycles. The van der Waals surface area contributed by atoms with Crippen molar-refractivity contribution in [2.24, 2.45) is 0 Å². The highest BCUT2D eigenvalue weighted by atomic mass is 16.1. The molecule has 0 unspecified atom stereocenters. The van der Waals surface area contributed by atoms with Crippen molar-refractivity contribution in [2.75, 3.05) is 5.73 Å². The first-order valence-corrected chi connectivity index (χ1v) is 11.9. The molecule has 0 spiro atoms. The van der Waals surface area contributed by atoms with Gasteiger partial charge in [0.15, 0.2) is 5.78 Å². The molecule has 36 heavy (non-hydrogen) atoms. The van der Waals surface area contributed by atoms with Crippen LogP contribution in [0, 0.1) is 5.41 Å². The Labute approximate surface area is 212 Å². The molecule has 3 aromatic carbocycles. The van der Waals surface area contributed by atoms with E-state index in [0.717, 1.165) is 45.5 Å². The van der Waals surface area contributed by atoms with E-state index in [9.17, 15) is 4.79 Å². The van der Waals surface area contributed by atoms with Gasteiger partial charge in [-0.3, -0.25) is 9.78 Å². The predicted molar refractivity (Wildman–Crippen MR) is 151 cm³/mol. The number of rotatable bonds is 8. The molecule has 0 aliphatic rings. The van der Waals surface area contributed by atoms with E-state index in [-0.39, 0.29) is 5.78 Å². The van der Waals surface area contributed by atoms with Gasteiger partial charge in [-0.25, -0.2) is 0 Å². The lowest BCUT2D eigenvalue weighted by Crippen LogP contribution is -1.99. The number of pyridine rings is 1. The standard InChI is InChI=1S/C32H29N3O/c1-3-29(24-13-15-25(16-14-24)31-6-4-5-19-35-31)32(27-17-18-30(34)28(20-27)21-33)26-11-9-23(10-12-26)8-7-22(2)36/h4-21,33H,3,34H2,1-2H3/b8-7+,32-29+,33-21?. The SMILES string of the molecule is CC/C(=C(/c1ccc(/C=C/C(C)=O)cc1)c1ccc(N)c(C=N)c1)c1ccc(-c2ccccn2)cc1. The number of carbonyl (C=O) groups excluding carboxylic acids is 1. The minimum Gasteiger partial charge on any atom is -0.398 e. The molecule has 0 saturated heterocycles. The smallest absolute Gasteiger partial charge is 0.152 e. The second kappa shape index (κ2) is 11.2. The third-order valence-electron chi connectivity index (χ3n) is 6.09. The lowest BCUT2D eigenvalue weighted by molar-refractivity contribution is -0.112. The summed E-state index contributed by atoms with van der Waals surface area (Å²) < 4.78 is 0. The zero-order chi connectivity index (χ0) is 25.5. The predicted octanol–water partition coefficient (Wildman–Crippen LogP) is 7.30. The van der Waals surface area contributed by atoms with Crippen LogP contribution in [0.1, 0.15) is 48.1 Å². The molecule has 0 atom stereocenters. The molecule has 0 amide bonds. The summed E-state index contributed by atoms with van der Waals surface area (Å²) >= 11 is 0. The quantitative estimate of drug-likeness (QED) is 0.122. The van der Waals surface area contributed by atoms with E-state index in [1.165, 1.54) is 11.8 Å². The topological polar surface area (TPSA) is 79.8 Å². The van der Waals surface area contributed by atoms with Crippen molar-refractivity contribution >= 4 is 34.9 Å². The Bertz CT molecular complexity index is 1430. The van der Waals surface area contributed by atoms with Crippen LogP contribution >= 0.6 is 0 Å². The Morgan fingerprint density at radius 3 is 2.22 bits per heavy atom. The number of nitrogen functional groups attached to an aromatic ring is 1. The number of benzene rings is 3. The van der Waals surface area contributed by atoms with E-state index >= 15 is 0 Å². The van der Waals surface area contributed by atoms with Gasteiger partial charge in [-0.1, -0.05) is 73.7 Å². The Kier molecular flexibility index (Phi) is 7.66. The number of nitrogens with zero attached hydrogens (tertiary/aromatic N) is 1. The van der Waals surface area contributed by atoms with E-state index in [2.05, 4.69) is 48.3 Å². The van der Waals surface area contributed by atoms with Gasteiger partial charge in [0.05, 0.1) is 5.69 Å². The van der Waals surface area contributed by atoms with E-state index < -0.39 is 0 Å². The number of nitrogens with one attached hydrogen (secondary N) is 1. The molecule has 4 rings (SSSR count). The number of nitrogens with two attached hydrogens (primary N) is 1. The number of aromatic nitrogens is 1. The maximum atomic E-state index is 11.3. The molecular weight excluding hydrogens is 442 g/mol. The van der Waals surface area contributed by atoms with Gasteiger partial charge >= 0.3 is 0 Å². The van der Waals surface area contributed by atoms with Crippen LogP contribution in [0.15, 0.2) is 97.2 Å². The minimum absolute atomic E-state index is 0.0168. The van der Waals surface area contributed by atoms with Crippen LogP contribution in [0.5, 0.6) is 0 Å². The maximum absolute atomic E-state index is 11.3. The second-order valence-electron chi connectivity index (χ2n) is 8.55. The highest BCUT2D eigenvalue weighted by molar-refractivity contribution is 6.00. The summed E-state index contributed by atoms with van der Waals surface area (Å²) in [7, 11) is 0. The summed E-state index contributed by atoms with van der Waals surface area (Å²) in [6.07, 6.45) is 7.30. The van der Waals surface area contributed by atoms with Gasteiger partial charge in [-0.15, -0.1) is 0 Å². The maximum Gasteiger partial charge on any atom is 0.152 e. The summed E-state index contributed by atoms with van der Waals surface area (Å²) in [5, 5.41) is 7.80. The summed E-state index contributed by atoms with van der Waals surface area (Å²) in [5.41, 5.74) is 15.8. The summed E-state index contributed by atoms with van der Waals surface area (Å²) in [6, 6.07) is 28.4. The highest BCUT2D eigenvalue weighted by Gasteiger charge is 2.15. The van der Waals surface area contributed by atoms with Crippen molar-refractivity contribution < 1.29 is 4.79 Å². The average Bonchev–Trinajstić information content (AvgIpc) is 2.92. The van der Waals surface area contributed by atoms with Gasteiger partial charge in [0.2, 0.25) is 0 Å². The van der Waals surface area contributed by atoms with E-state index in [0.29, 0.717) is 11.3 Å². The van der Waals surface area contributed by atoms with Crippen LogP contribution in [0.2, 0.25) is 0 Å². The van der Waals surface area contributed by atoms with Crippen LogP contribution in [0.3, 0.4) is 0 Å². The molecule has 4 heteroatoms. The zero-order valence-corrected chi connectivity index (χ0v) is 20.5. The van der Waals surface area contributed by atoms with Crippen LogP contribution in [-0.4, -0.2) is 17.0 Å². The third-order valence-corrected chi connectivity index (χ3v) is 6.09. The van der Waals surface area contributed by atoms with Crippen molar-refractivity contribution in [1.82, 2.24) is 4.98 Å². The summed E-state index contributed by atoms with van der Waals surface area (Å²) in [5.74, 6) is 0.0168. The Hall–Kier alpha value is -4.57. The van der Waals surface area contributed by atoms with E-state index in [1.54, 1.807) is 19.2 Å². The van der Waals surface area contributed by atoms with Gasteiger partial charge < -0.3 is 11.1 Å².